The maximum Gasteiger partial charge on any atom is 0.254 e. The van der Waals surface area contributed by atoms with Crippen LogP contribution in [0.3, 0.4) is 0 Å². The number of aryl methyl sites for hydroxylation is 2. The van der Waals surface area contributed by atoms with Crippen LogP contribution in [0.2, 0.25) is 0 Å². The average Bonchev–Trinajstić information content (AvgIpc) is 2.94. The minimum absolute atomic E-state index is 0.0212. The number of nitrogens with two attached hydrogens (primary N) is 1. The third-order valence-corrected chi connectivity index (χ3v) is 4.03. The molecule has 2 N–H and O–H groups in total. The van der Waals surface area contributed by atoms with Gasteiger partial charge in [0.1, 0.15) is 0 Å². The highest BCUT2D eigenvalue weighted by atomic mass is 16.5. The molecule has 1 atom stereocenters. The molecule has 0 saturated carbocycles. The number of carbonyl (C=O) groups excluding carboxylic acids is 1. The lowest BCUT2D eigenvalue weighted by atomic mass is 10.1. The van der Waals surface area contributed by atoms with E-state index < -0.39 is 0 Å². The van der Waals surface area contributed by atoms with Gasteiger partial charge in [-0.2, -0.15) is 0 Å². The number of rotatable bonds is 2. The summed E-state index contributed by atoms with van der Waals surface area (Å²) in [6.07, 6.45) is 3.44. The quantitative estimate of drug-likeness (QED) is 0.862. The van der Waals surface area contributed by atoms with Gasteiger partial charge < -0.3 is 15.4 Å². The molecule has 0 radical (unpaired) electrons. The zero-order chi connectivity index (χ0) is 13.2. The molecular weight excluding hydrogens is 240 g/mol. The van der Waals surface area contributed by atoms with Crippen LogP contribution < -0.4 is 5.73 Å². The van der Waals surface area contributed by atoms with Gasteiger partial charge in [0.05, 0.1) is 12.7 Å². The molecule has 102 valence electrons. The Labute approximate surface area is 113 Å². The molecular formula is C15H20N2O2. The number of ether oxygens (including phenoxy) is 1. The predicted molar refractivity (Wildman–Crippen MR) is 73.2 cm³/mol. The second-order valence-corrected chi connectivity index (χ2v) is 5.32. The molecule has 0 spiro atoms. The van der Waals surface area contributed by atoms with E-state index in [2.05, 4.69) is 12.1 Å². The molecule has 4 nitrogen and oxygen atoms in total. The van der Waals surface area contributed by atoms with Crippen LogP contribution in [0.4, 0.5) is 0 Å². The molecule has 3 rings (SSSR count). The van der Waals surface area contributed by atoms with Gasteiger partial charge in [0.15, 0.2) is 0 Å². The predicted octanol–water partition coefficient (Wildman–Crippen LogP) is 0.975. The summed E-state index contributed by atoms with van der Waals surface area (Å²) < 4.78 is 5.50. The molecule has 1 fully saturated rings. The molecule has 2 aliphatic rings. The van der Waals surface area contributed by atoms with Crippen molar-refractivity contribution in [1.82, 2.24) is 4.90 Å². The molecule has 4 heteroatoms. The number of morpholine rings is 1. The molecule has 1 heterocycles. The normalized spacial score (nSPS) is 22.4. The summed E-state index contributed by atoms with van der Waals surface area (Å²) in [5.74, 6) is 0.108. The highest BCUT2D eigenvalue weighted by molar-refractivity contribution is 5.94. The van der Waals surface area contributed by atoms with Crippen molar-refractivity contribution in [3.63, 3.8) is 0 Å². The Hall–Kier alpha value is -1.39. The van der Waals surface area contributed by atoms with Gasteiger partial charge in [-0.1, -0.05) is 6.07 Å². The Kier molecular flexibility index (Phi) is 3.53. The van der Waals surface area contributed by atoms with Crippen molar-refractivity contribution >= 4 is 5.91 Å². The van der Waals surface area contributed by atoms with Crippen molar-refractivity contribution in [3.8, 4) is 0 Å². The van der Waals surface area contributed by atoms with E-state index in [1.165, 1.54) is 17.5 Å². The van der Waals surface area contributed by atoms with E-state index in [0.717, 1.165) is 18.4 Å². The number of hydrogen-bond donors (Lipinski definition) is 1. The lowest BCUT2D eigenvalue weighted by molar-refractivity contribution is -0.0167. The lowest BCUT2D eigenvalue weighted by Gasteiger charge is -2.32. The Morgan fingerprint density at radius 2 is 2.21 bits per heavy atom. The maximum absolute atomic E-state index is 12.5. The number of fused-ring (bicyclic) bond motifs is 1. The van der Waals surface area contributed by atoms with Crippen LogP contribution in [-0.2, 0) is 17.6 Å². The fraction of sp³-hybridized carbons (Fsp3) is 0.533. The van der Waals surface area contributed by atoms with Gasteiger partial charge in [0, 0.05) is 25.2 Å². The Balaban J connectivity index is 1.76. The summed E-state index contributed by atoms with van der Waals surface area (Å²) >= 11 is 0. The molecule has 1 unspecified atom stereocenters. The monoisotopic (exact) mass is 260 g/mol. The highest BCUT2D eigenvalue weighted by Crippen LogP contribution is 2.23. The van der Waals surface area contributed by atoms with Gasteiger partial charge in [0.25, 0.3) is 5.91 Å². The second-order valence-electron chi connectivity index (χ2n) is 5.32. The van der Waals surface area contributed by atoms with Crippen LogP contribution in [-0.4, -0.2) is 43.2 Å². The molecule has 1 amide bonds. The largest absolute Gasteiger partial charge is 0.373 e. The lowest BCUT2D eigenvalue weighted by Crippen LogP contribution is -2.48. The number of amides is 1. The molecule has 0 aromatic heterocycles. The smallest absolute Gasteiger partial charge is 0.254 e. The summed E-state index contributed by atoms with van der Waals surface area (Å²) in [6.45, 7) is 2.31. The number of nitrogens with zero attached hydrogens (tertiary/aromatic N) is 1. The summed E-state index contributed by atoms with van der Waals surface area (Å²) in [4.78, 5) is 14.3. The number of hydrogen-bond acceptors (Lipinski definition) is 3. The first-order valence-corrected chi connectivity index (χ1v) is 7.00. The van der Waals surface area contributed by atoms with Gasteiger partial charge in [-0.05, 0) is 42.5 Å². The topological polar surface area (TPSA) is 55.6 Å². The Morgan fingerprint density at radius 3 is 3.05 bits per heavy atom. The van der Waals surface area contributed by atoms with Gasteiger partial charge >= 0.3 is 0 Å². The number of carbonyl (C=O) groups is 1. The zero-order valence-electron chi connectivity index (χ0n) is 11.1. The standard InChI is InChI=1S/C15H20N2O2/c16-9-14-10-17(6-7-19-14)15(18)13-5-4-11-2-1-3-12(11)8-13/h4-5,8,14H,1-3,6-7,9-10,16H2. The SMILES string of the molecule is NCC1CN(C(=O)c2ccc3c(c2)CCC3)CCO1. The maximum atomic E-state index is 12.5. The van der Waals surface area contributed by atoms with Gasteiger partial charge in [0.2, 0.25) is 0 Å². The first-order valence-electron chi connectivity index (χ1n) is 7.00. The minimum Gasteiger partial charge on any atom is -0.373 e. The summed E-state index contributed by atoms with van der Waals surface area (Å²) in [5, 5.41) is 0. The highest BCUT2D eigenvalue weighted by Gasteiger charge is 2.24. The van der Waals surface area contributed by atoms with E-state index in [4.69, 9.17) is 10.5 Å². The van der Waals surface area contributed by atoms with E-state index in [0.29, 0.717) is 26.2 Å². The van der Waals surface area contributed by atoms with Crippen LogP contribution in [0, 0.1) is 0 Å². The van der Waals surface area contributed by atoms with Crippen LogP contribution in [0.5, 0.6) is 0 Å². The summed E-state index contributed by atoms with van der Waals surface area (Å²) in [7, 11) is 0. The third-order valence-electron chi connectivity index (χ3n) is 4.03. The van der Waals surface area contributed by atoms with E-state index in [1.807, 2.05) is 11.0 Å². The molecule has 1 aromatic rings. The van der Waals surface area contributed by atoms with E-state index in [1.54, 1.807) is 0 Å². The number of benzene rings is 1. The van der Waals surface area contributed by atoms with Crippen molar-refractivity contribution < 1.29 is 9.53 Å². The van der Waals surface area contributed by atoms with Crippen molar-refractivity contribution in [3.05, 3.63) is 34.9 Å². The van der Waals surface area contributed by atoms with E-state index >= 15 is 0 Å². The van der Waals surface area contributed by atoms with Crippen LogP contribution in [0.1, 0.15) is 27.9 Å². The molecule has 1 aliphatic carbocycles. The van der Waals surface area contributed by atoms with Crippen molar-refractivity contribution in [2.24, 2.45) is 5.73 Å². The fourth-order valence-corrected chi connectivity index (χ4v) is 2.93. The fourth-order valence-electron chi connectivity index (χ4n) is 2.93. The average molecular weight is 260 g/mol. The van der Waals surface area contributed by atoms with Crippen molar-refractivity contribution in [2.45, 2.75) is 25.4 Å². The van der Waals surface area contributed by atoms with Crippen molar-refractivity contribution in [2.75, 3.05) is 26.2 Å². The van der Waals surface area contributed by atoms with Crippen molar-refractivity contribution in [1.29, 1.82) is 0 Å². The Morgan fingerprint density at radius 1 is 1.37 bits per heavy atom. The molecule has 1 aliphatic heterocycles. The van der Waals surface area contributed by atoms with E-state index in [-0.39, 0.29) is 12.0 Å². The Bertz CT molecular complexity index is 487. The van der Waals surface area contributed by atoms with Crippen LogP contribution in [0.15, 0.2) is 18.2 Å². The molecule has 1 saturated heterocycles. The third kappa shape index (κ3) is 2.51. The molecule has 1 aromatic carbocycles. The molecule has 19 heavy (non-hydrogen) atoms. The van der Waals surface area contributed by atoms with Gasteiger partial charge in [-0.15, -0.1) is 0 Å². The minimum atomic E-state index is -0.0212. The summed E-state index contributed by atoms with van der Waals surface area (Å²) in [5.41, 5.74) is 9.16. The first kappa shape index (κ1) is 12.6. The molecule has 0 bridgehead atoms. The van der Waals surface area contributed by atoms with Gasteiger partial charge in [-0.3, -0.25) is 4.79 Å². The van der Waals surface area contributed by atoms with E-state index in [9.17, 15) is 4.79 Å². The summed E-state index contributed by atoms with van der Waals surface area (Å²) in [6, 6.07) is 6.13. The van der Waals surface area contributed by atoms with Crippen LogP contribution >= 0.6 is 0 Å². The van der Waals surface area contributed by atoms with Gasteiger partial charge in [-0.25, -0.2) is 0 Å². The van der Waals surface area contributed by atoms with Crippen LogP contribution in [0.25, 0.3) is 0 Å². The zero-order valence-corrected chi connectivity index (χ0v) is 11.1. The second kappa shape index (κ2) is 5.31. The first-order chi connectivity index (χ1) is 9.28.